The second-order valence-electron chi connectivity index (χ2n) is 4.37. The van der Waals surface area contributed by atoms with Crippen molar-refractivity contribution in [1.29, 1.82) is 0 Å². The van der Waals surface area contributed by atoms with Crippen LogP contribution in [0.25, 0.3) is 0 Å². The highest BCUT2D eigenvalue weighted by Gasteiger charge is 2.38. The molecule has 0 aliphatic carbocycles. The van der Waals surface area contributed by atoms with Gasteiger partial charge in [0, 0.05) is 0 Å². The normalized spacial score (nSPS) is 14.3. The smallest absolute Gasteiger partial charge is 0.363 e. The first-order chi connectivity index (χ1) is 8.20. The average Bonchev–Trinajstić information content (AvgIpc) is 2.27. The lowest BCUT2D eigenvalue weighted by Crippen LogP contribution is -2.24. The van der Waals surface area contributed by atoms with Crippen LogP contribution in [0.2, 0.25) is 0 Å². The van der Waals surface area contributed by atoms with Gasteiger partial charge < -0.3 is 14.9 Å². The number of carbonyl (C=O) groups is 1. The quantitative estimate of drug-likeness (QED) is 0.491. The molecular formula is C12H23O5P. The Labute approximate surface area is 108 Å². The molecule has 0 bridgehead atoms. The van der Waals surface area contributed by atoms with Gasteiger partial charge in [-0.25, -0.2) is 4.79 Å². The van der Waals surface area contributed by atoms with Crippen molar-refractivity contribution in [2.75, 3.05) is 0 Å². The van der Waals surface area contributed by atoms with Gasteiger partial charge in [0.25, 0.3) is 0 Å². The lowest BCUT2D eigenvalue weighted by atomic mass is 9.72. The van der Waals surface area contributed by atoms with E-state index in [1.54, 1.807) is 6.92 Å². The number of rotatable bonds is 7. The minimum atomic E-state index is -4.76. The predicted octanol–water partition coefficient (Wildman–Crippen LogP) is 3.13. The Kier molecular flexibility index (Phi) is 6.27. The predicted molar refractivity (Wildman–Crippen MR) is 70.3 cm³/mol. The highest BCUT2D eigenvalue weighted by atomic mass is 31.2. The molecule has 0 heterocycles. The molecule has 0 fully saturated rings. The van der Waals surface area contributed by atoms with Crippen LogP contribution in [0.3, 0.4) is 0 Å². The summed E-state index contributed by atoms with van der Waals surface area (Å²) >= 11 is 0. The molecular weight excluding hydrogens is 255 g/mol. The minimum absolute atomic E-state index is 0.336. The maximum Gasteiger partial charge on any atom is 0.363 e. The van der Waals surface area contributed by atoms with Crippen LogP contribution in [-0.2, 0) is 9.36 Å². The zero-order chi connectivity index (χ0) is 14.6. The molecule has 5 nitrogen and oxygen atoms in total. The van der Waals surface area contributed by atoms with E-state index in [1.807, 2.05) is 20.8 Å². The summed E-state index contributed by atoms with van der Waals surface area (Å²) in [6.45, 7) is 7.50. The van der Waals surface area contributed by atoms with Crippen LogP contribution < -0.4 is 0 Å². The average molecular weight is 278 g/mol. The van der Waals surface area contributed by atoms with Crippen LogP contribution >= 0.6 is 7.60 Å². The number of hydrogen-bond acceptors (Lipinski definition) is 2. The molecule has 6 heteroatoms. The van der Waals surface area contributed by atoms with Crippen LogP contribution in [-0.4, -0.2) is 20.9 Å². The molecule has 3 N–H and O–H groups in total. The lowest BCUT2D eigenvalue weighted by Gasteiger charge is -2.34. The van der Waals surface area contributed by atoms with Gasteiger partial charge in [0.05, 0.1) is 0 Å². The zero-order valence-electron chi connectivity index (χ0n) is 11.4. The summed E-state index contributed by atoms with van der Waals surface area (Å²) in [5, 5.41) is 8.40. The van der Waals surface area contributed by atoms with E-state index in [-0.39, 0.29) is 0 Å². The topological polar surface area (TPSA) is 94.8 Å². The number of carboxylic acids is 1. The van der Waals surface area contributed by atoms with Crippen LogP contribution in [0.4, 0.5) is 0 Å². The summed E-state index contributed by atoms with van der Waals surface area (Å²) < 4.78 is 11.4. The molecule has 106 valence electrons. The maximum absolute atomic E-state index is 11.4. The summed E-state index contributed by atoms with van der Waals surface area (Å²) in [5.74, 6) is -1.51. The van der Waals surface area contributed by atoms with E-state index in [0.717, 1.165) is 0 Å². The molecule has 0 atom stereocenters. The molecule has 0 radical (unpaired) electrons. The molecule has 0 aliphatic rings. The van der Waals surface area contributed by atoms with E-state index in [4.69, 9.17) is 5.11 Å². The summed E-state index contributed by atoms with van der Waals surface area (Å²) in [4.78, 5) is 29.7. The van der Waals surface area contributed by atoms with Crippen molar-refractivity contribution < 1.29 is 24.3 Å². The summed E-state index contributed by atoms with van der Waals surface area (Å²) in [5.41, 5.74) is -0.0558. The Morgan fingerprint density at radius 2 is 1.44 bits per heavy atom. The first-order valence-electron chi connectivity index (χ1n) is 6.23. The summed E-state index contributed by atoms with van der Waals surface area (Å²) in [7, 11) is -4.76. The summed E-state index contributed by atoms with van der Waals surface area (Å²) in [6.07, 6.45) is 2.34. The Bertz CT molecular complexity index is 368. The van der Waals surface area contributed by atoms with Crippen molar-refractivity contribution in [3.63, 3.8) is 0 Å². The molecule has 0 aromatic heterocycles. The fourth-order valence-electron chi connectivity index (χ4n) is 2.61. The highest BCUT2D eigenvalue weighted by molar-refractivity contribution is 7.58. The Balaban J connectivity index is 6.19. The van der Waals surface area contributed by atoms with Crippen molar-refractivity contribution in [2.24, 2.45) is 5.41 Å². The van der Waals surface area contributed by atoms with Gasteiger partial charge in [0.1, 0.15) is 5.31 Å². The van der Waals surface area contributed by atoms with Crippen molar-refractivity contribution in [1.82, 2.24) is 0 Å². The van der Waals surface area contributed by atoms with Gasteiger partial charge >= 0.3 is 13.6 Å². The number of hydrogen-bond donors (Lipinski definition) is 3. The molecule has 0 aromatic carbocycles. The third-order valence-electron chi connectivity index (χ3n) is 3.80. The first kappa shape index (κ1) is 17.4. The minimum Gasteiger partial charge on any atom is -0.477 e. The number of allylic oxidation sites excluding steroid dienone is 1. The van der Waals surface area contributed by atoms with E-state index >= 15 is 0 Å². The lowest BCUT2D eigenvalue weighted by molar-refractivity contribution is -0.132. The van der Waals surface area contributed by atoms with Gasteiger partial charge in [-0.15, -0.1) is 0 Å². The van der Waals surface area contributed by atoms with Crippen molar-refractivity contribution in [3.8, 4) is 0 Å². The van der Waals surface area contributed by atoms with Gasteiger partial charge in [-0.05, 0) is 36.7 Å². The second-order valence-corrected chi connectivity index (χ2v) is 5.91. The largest absolute Gasteiger partial charge is 0.477 e. The molecule has 18 heavy (non-hydrogen) atoms. The van der Waals surface area contributed by atoms with E-state index in [1.165, 1.54) is 0 Å². The van der Waals surface area contributed by atoms with Crippen LogP contribution in [0.15, 0.2) is 10.9 Å². The van der Waals surface area contributed by atoms with Crippen LogP contribution in [0, 0.1) is 5.41 Å². The fraction of sp³-hybridized carbons (Fsp3) is 0.750. The van der Waals surface area contributed by atoms with Crippen LogP contribution in [0.5, 0.6) is 0 Å². The van der Waals surface area contributed by atoms with Crippen molar-refractivity contribution >= 4 is 13.6 Å². The van der Waals surface area contributed by atoms with Gasteiger partial charge in [-0.2, -0.15) is 0 Å². The van der Waals surface area contributed by atoms with E-state index in [2.05, 4.69) is 0 Å². The molecule has 0 unspecified atom stereocenters. The van der Waals surface area contributed by atoms with Gasteiger partial charge in [0.15, 0.2) is 0 Å². The van der Waals surface area contributed by atoms with Gasteiger partial charge in [-0.1, -0.05) is 27.7 Å². The van der Waals surface area contributed by atoms with E-state index < -0.39 is 24.3 Å². The molecule has 0 amide bonds. The second kappa shape index (κ2) is 6.50. The molecule has 0 aliphatic heterocycles. The number of aliphatic carboxylic acids is 1. The summed E-state index contributed by atoms with van der Waals surface area (Å²) in [6, 6.07) is 0. The first-order valence-corrected chi connectivity index (χ1v) is 7.84. The van der Waals surface area contributed by atoms with Crippen molar-refractivity contribution in [2.45, 2.75) is 53.4 Å². The standard InChI is InChI=1S/C12H23O5P/c1-5-9(12(6-2,7-3)8-4)10(11(13)14)18(15,16)17/h5-8H2,1-4H3,(H,13,14)(H2,15,16,17). The fourth-order valence-corrected chi connectivity index (χ4v) is 3.61. The Hall–Kier alpha value is -0.640. The third kappa shape index (κ3) is 3.44. The molecule has 0 aromatic rings. The zero-order valence-corrected chi connectivity index (χ0v) is 12.3. The molecule has 0 rings (SSSR count). The highest BCUT2D eigenvalue weighted by Crippen LogP contribution is 2.53. The molecule has 0 saturated heterocycles. The SMILES string of the molecule is CCC(=C(C(=O)O)P(=O)(O)O)C(CC)(CC)CC. The molecule has 0 saturated carbocycles. The maximum atomic E-state index is 11.4. The van der Waals surface area contributed by atoms with E-state index in [9.17, 15) is 19.1 Å². The van der Waals surface area contributed by atoms with E-state index in [0.29, 0.717) is 31.3 Å². The third-order valence-corrected chi connectivity index (χ3v) is 4.85. The van der Waals surface area contributed by atoms with Gasteiger partial charge in [-0.3, -0.25) is 4.57 Å². The Morgan fingerprint density at radius 3 is 1.61 bits per heavy atom. The molecule has 0 spiro atoms. The van der Waals surface area contributed by atoms with Gasteiger partial charge in [0.2, 0.25) is 0 Å². The number of carboxylic acid groups (broad SMARTS) is 1. The van der Waals surface area contributed by atoms with Crippen molar-refractivity contribution in [3.05, 3.63) is 10.9 Å². The Morgan fingerprint density at radius 1 is 1.06 bits per heavy atom. The monoisotopic (exact) mass is 278 g/mol. The van der Waals surface area contributed by atoms with Crippen LogP contribution in [0.1, 0.15) is 53.4 Å².